The fraction of sp³-hybridized carbons (Fsp3) is 0.455. The number of carboxylic acid groups (broad SMARTS) is 1. The number of carbonyl (C=O) groups is 2. The quantitative estimate of drug-likeness (QED) is 0.561. The Labute approximate surface area is 128 Å². The molecule has 2 atom stereocenters. The summed E-state index contributed by atoms with van der Waals surface area (Å²) < 4.78 is 1.58. The molecule has 0 saturated carbocycles. The molecule has 1 unspecified atom stereocenters. The summed E-state index contributed by atoms with van der Waals surface area (Å²) in [6, 6.07) is -0.601. The van der Waals surface area contributed by atoms with Gasteiger partial charge < -0.3 is 10.8 Å². The van der Waals surface area contributed by atoms with Crippen LogP contribution in [0.3, 0.4) is 0 Å². The molecular formula is C11H13N5O3S2. The molecule has 1 aromatic rings. The summed E-state index contributed by atoms with van der Waals surface area (Å²) in [6.07, 6.45) is 1.58. The molecule has 10 heteroatoms. The van der Waals surface area contributed by atoms with Gasteiger partial charge in [-0.1, -0.05) is 11.8 Å². The van der Waals surface area contributed by atoms with Crippen LogP contribution in [0.2, 0.25) is 0 Å². The maximum Gasteiger partial charge on any atom is 0.352 e. The number of nitrogens with two attached hydrogens (primary N) is 1. The van der Waals surface area contributed by atoms with Gasteiger partial charge in [-0.05, 0) is 5.57 Å². The van der Waals surface area contributed by atoms with Gasteiger partial charge in [0, 0.05) is 18.6 Å². The zero-order chi connectivity index (χ0) is 15.1. The van der Waals surface area contributed by atoms with Gasteiger partial charge in [0.1, 0.15) is 23.4 Å². The van der Waals surface area contributed by atoms with Crippen molar-refractivity contribution in [1.29, 1.82) is 0 Å². The van der Waals surface area contributed by atoms with E-state index in [-0.39, 0.29) is 17.0 Å². The van der Waals surface area contributed by atoms with Gasteiger partial charge in [-0.2, -0.15) is 0 Å². The largest absolute Gasteiger partial charge is 0.477 e. The van der Waals surface area contributed by atoms with E-state index in [1.807, 2.05) is 0 Å². The predicted octanol–water partition coefficient (Wildman–Crippen LogP) is -0.512. The number of carbonyl (C=O) groups excluding carboxylic acids is 1. The molecule has 0 aromatic carbocycles. The number of aliphatic carboxylic acids is 1. The molecule has 0 radical (unpaired) electrons. The molecule has 2 aliphatic rings. The van der Waals surface area contributed by atoms with Gasteiger partial charge in [-0.15, -0.1) is 16.9 Å². The second-order valence-corrected chi connectivity index (χ2v) is 6.73. The van der Waals surface area contributed by atoms with Crippen molar-refractivity contribution in [3.8, 4) is 0 Å². The standard InChI is InChI=1S/C11H13N5O3S2/c1-15-4-13-11(14-15)21-3-5-2-20-9-6(12)8(17)16(9)7(5)10(18)19/h4,6,9H,2-3,12H2,1H3,(H,18,19)/t6?,9-/m1/s1. The van der Waals surface area contributed by atoms with Crippen LogP contribution in [-0.4, -0.2) is 59.6 Å². The average Bonchev–Trinajstić information content (AvgIpc) is 2.88. The Balaban J connectivity index is 1.81. The molecule has 1 aromatic heterocycles. The molecular weight excluding hydrogens is 314 g/mol. The van der Waals surface area contributed by atoms with E-state index in [4.69, 9.17) is 5.73 Å². The molecule has 21 heavy (non-hydrogen) atoms. The third-order valence-electron chi connectivity index (χ3n) is 3.25. The maximum atomic E-state index is 11.8. The molecule has 1 saturated heterocycles. The van der Waals surface area contributed by atoms with Crippen molar-refractivity contribution in [2.45, 2.75) is 16.6 Å². The first kappa shape index (κ1) is 14.4. The van der Waals surface area contributed by atoms with Crippen LogP contribution in [0.4, 0.5) is 0 Å². The van der Waals surface area contributed by atoms with Crippen LogP contribution in [0.15, 0.2) is 22.8 Å². The topological polar surface area (TPSA) is 114 Å². The number of aromatic nitrogens is 3. The zero-order valence-electron chi connectivity index (χ0n) is 11.1. The number of β-lactam (4-membered cyclic amide) rings is 1. The van der Waals surface area contributed by atoms with Gasteiger partial charge >= 0.3 is 5.97 Å². The molecule has 0 aliphatic carbocycles. The Kier molecular flexibility index (Phi) is 3.68. The van der Waals surface area contributed by atoms with Gasteiger partial charge in [0.25, 0.3) is 0 Å². The van der Waals surface area contributed by atoms with Crippen LogP contribution < -0.4 is 5.73 Å². The van der Waals surface area contributed by atoms with Crippen molar-refractivity contribution < 1.29 is 14.7 Å². The minimum Gasteiger partial charge on any atom is -0.477 e. The number of hydrogen-bond acceptors (Lipinski definition) is 7. The summed E-state index contributed by atoms with van der Waals surface area (Å²) in [6.45, 7) is 0. The molecule has 3 rings (SSSR count). The fourth-order valence-electron chi connectivity index (χ4n) is 2.23. The smallest absolute Gasteiger partial charge is 0.352 e. The fourth-order valence-corrected chi connectivity index (χ4v) is 4.50. The van der Waals surface area contributed by atoms with E-state index in [0.29, 0.717) is 22.2 Å². The van der Waals surface area contributed by atoms with Gasteiger partial charge in [0.05, 0.1) is 0 Å². The van der Waals surface area contributed by atoms with Crippen molar-refractivity contribution in [3.05, 3.63) is 17.6 Å². The first-order chi connectivity index (χ1) is 9.99. The first-order valence-electron chi connectivity index (χ1n) is 6.13. The Morgan fingerprint density at radius 1 is 1.67 bits per heavy atom. The highest BCUT2D eigenvalue weighted by Gasteiger charge is 2.51. The predicted molar refractivity (Wildman–Crippen MR) is 77.5 cm³/mol. The van der Waals surface area contributed by atoms with Crippen LogP contribution in [0.25, 0.3) is 0 Å². The maximum absolute atomic E-state index is 11.8. The molecule has 2 aliphatic heterocycles. The third kappa shape index (κ3) is 2.43. The van der Waals surface area contributed by atoms with Crippen molar-refractivity contribution in [2.75, 3.05) is 11.5 Å². The van der Waals surface area contributed by atoms with Crippen LogP contribution >= 0.6 is 23.5 Å². The molecule has 0 spiro atoms. The Bertz CT molecular complexity index is 644. The van der Waals surface area contributed by atoms with Gasteiger partial charge in [0.2, 0.25) is 11.1 Å². The van der Waals surface area contributed by atoms with Crippen LogP contribution in [-0.2, 0) is 16.6 Å². The lowest BCUT2D eigenvalue weighted by molar-refractivity contribution is -0.147. The van der Waals surface area contributed by atoms with E-state index in [0.717, 1.165) is 0 Å². The van der Waals surface area contributed by atoms with E-state index in [9.17, 15) is 14.7 Å². The van der Waals surface area contributed by atoms with E-state index in [1.165, 1.54) is 28.4 Å². The zero-order valence-corrected chi connectivity index (χ0v) is 12.7. The summed E-state index contributed by atoms with van der Waals surface area (Å²) in [5.41, 5.74) is 6.46. The van der Waals surface area contributed by atoms with E-state index in [1.54, 1.807) is 18.1 Å². The SMILES string of the molecule is Cn1cnc(SCC2=C(C(=O)O)N3C(=O)C(N)[C@H]3SC2)n1. The summed E-state index contributed by atoms with van der Waals surface area (Å²) >= 11 is 2.85. The molecule has 8 nitrogen and oxygen atoms in total. The third-order valence-corrected chi connectivity index (χ3v) is 5.54. The number of amides is 1. The monoisotopic (exact) mass is 327 g/mol. The summed E-state index contributed by atoms with van der Waals surface area (Å²) in [5, 5.41) is 13.8. The number of carboxylic acids is 1. The molecule has 112 valence electrons. The summed E-state index contributed by atoms with van der Waals surface area (Å²) in [4.78, 5) is 28.6. The highest BCUT2D eigenvalue weighted by atomic mass is 32.2. The number of nitrogens with zero attached hydrogens (tertiary/aromatic N) is 4. The van der Waals surface area contributed by atoms with Gasteiger partial charge in [0.15, 0.2) is 0 Å². The average molecular weight is 327 g/mol. The minimum atomic E-state index is -1.09. The second kappa shape index (κ2) is 5.35. The lowest BCUT2D eigenvalue weighted by Crippen LogP contribution is -2.68. The van der Waals surface area contributed by atoms with Crippen molar-refractivity contribution in [3.63, 3.8) is 0 Å². The second-order valence-electron chi connectivity index (χ2n) is 4.68. The lowest BCUT2D eigenvalue weighted by atomic mass is 10.0. The van der Waals surface area contributed by atoms with E-state index in [2.05, 4.69) is 10.1 Å². The van der Waals surface area contributed by atoms with Crippen molar-refractivity contribution in [2.24, 2.45) is 12.8 Å². The lowest BCUT2D eigenvalue weighted by Gasteiger charge is -2.48. The molecule has 1 amide bonds. The number of aryl methyl sites for hydroxylation is 1. The number of hydrogen-bond donors (Lipinski definition) is 2. The van der Waals surface area contributed by atoms with Gasteiger partial charge in [-0.25, -0.2) is 9.78 Å². The first-order valence-corrected chi connectivity index (χ1v) is 8.16. The number of fused-ring (bicyclic) bond motifs is 1. The van der Waals surface area contributed by atoms with Crippen molar-refractivity contribution in [1.82, 2.24) is 19.7 Å². The molecule has 3 N–H and O–H groups in total. The minimum absolute atomic E-state index is 0.0638. The molecule has 3 heterocycles. The molecule has 1 fully saturated rings. The highest BCUT2D eigenvalue weighted by molar-refractivity contribution is 8.01. The normalized spacial score (nSPS) is 24.9. The van der Waals surface area contributed by atoms with E-state index >= 15 is 0 Å². The highest BCUT2D eigenvalue weighted by Crippen LogP contribution is 2.40. The summed E-state index contributed by atoms with van der Waals surface area (Å²) in [7, 11) is 1.76. The Hall–Kier alpha value is -1.52. The molecule has 0 bridgehead atoms. The number of rotatable bonds is 4. The Morgan fingerprint density at radius 2 is 2.43 bits per heavy atom. The van der Waals surface area contributed by atoms with Crippen molar-refractivity contribution >= 4 is 35.4 Å². The number of thioether (sulfide) groups is 2. The Morgan fingerprint density at radius 3 is 3.05 bits per heavy atom. The summed E-state index contributed by atoms with van der Waals surface area (Å²) in [5.74, 6) is -0.443. The van der Waals surface area contributed by atoms with E-state index < -0.39 is 12.0 Å². The van der Waals surface area contributed by atoms with Crippen LogP contribution in [0.1, 0.15) is 0 Å². The van der Waals surface area contributed by atoms with Gasteiger partial charge in [-0.3, -0.25) is 14.4 Å². The van der Waals surface area contributed by atoms with Crippen LogP contribution in [0, 0.1) is 0 Å². The van der Waals surface area contributed by atoms with Crippen LogP contribution in [0.5, 0.6) is 0 Å².